The van der Waals surface area contributed by atoms with E-state index in [1.54, 1.807) is 18.0 Å². The molecule has 0 fully saturated rings. The van der Waals surface area contributed by atoms with Crippen molar-refractivity contribution in [1.82, 2.24) is 4.90 Å². The highest BCUT2D eigenvalue weighted by molar-refractivity contribution is 6.42. The van der Waals surface area contributed by atoms with Crippen LogP contribution in [0, 0.1) is 0 Å². The summed E-state index contributed by atoms with van der Waals surface area (Å²) in [5.41, 5.74) is 1.58. The lowest BCUT2D eigenvalue weighted by Crippen LogP contribution is -2.28. The highest BCUT2D eigenvalue weighted by atomic mass is 35.5. The summed E-state index contributed by atoms with van der Waals surface area (Å²) in [6.45, 7) is 2.51. The number of halogens is 4. The quantitative estimate of drug-likeness (QED) is 0.283. The second-order valence-corrected chi connectivity index (χ2v) is 9.22. The van der Waals surface area contributed by atoms with Gasteiger partial charge in [0.1, 0.15) is 17.1 Å². The van der Waals surface area contributed by atoms with Crippen LogP contribution in [-0.2, 0) is 0 Å². The fraction of sp³-hybridized carbons (Fsp3) is 0.167. The molecule has 0 atom stereocenters. The zero-order valence-corrected chi connectivity index (χ0v) is 20.5. The molecular weight excluding hydrogens is 508 g/mol. The molecule has 0 aromatic heterocycles. The van der Waals surface area contributed by atoms with Gasteiger partial charge in [0, 0.05) is 47.8 Å². The van der Waals surface area contributed by atoms with E-state index < -0.39 is 5.43 Å². The first-order valence-corrected chi connectivity index (χ1v) is 11.5. The van der Waals surface area contributed by atoms with Crippen molar-refractivity contribution >= 4 is 63.3 Å². The van der Waals surface area contributed by atoms with E-state index in [9.17, 15) is 14.7 Å². The third kappa shape index (κ3) is 4.26. The van der Waals surface area contributed by atoms with Gasteiger partial charge in [0.25, 0.3) is 5.91 Å². The summed E-state index contributed by atoms with van der Waals surface area (Å²) < 4.78 is 5.89. The van der Waals surface area contributed by atoms with E-state index in [1.807, 2.05) is 6.92 Å². The molecule has 170 valence electrons. The number of benzene rings is 3. The van der Waals surface area contributed by atoms with Crippen LogP contribution in [0.3, 0.4) is 0 Å². The lowest BCUT2D eigenvalue weighted by Gasteiger charge is -2.22. The molecule has 1 amide bonds. The smallest absolute Gasteiger partial charge is 0.254 e. The molecule has 0 saturated heterocycles. The predicted molar refractivity (Wildman–Crippen MR) is 133 cm³/mol. The Morgan fingerprint density at radius 1 is 0.939 bits per heavy atom. The first kappa shape index (κ1) is 23.7. The van der Waals surface area contributed by atoms with Gasteiger partial charge in [0.15, 0.2) is 0 Å². The number of hydrogen-bond acceptors (Lipinski definition) is 4. The second kappa shape index (κ2) is 9.07. The van der Waals surface area contributed by atoms with Crippen molar-refractivity contribution in [2.24, 2.45) is 0 Å². The monoisotopic (exact) mass is 523 g/mol. The molecule has 1 aliphatic carbocycles. The summed E-state index contributed by atoms with van der Waals surface area (Å²) in [5.74, 6) is -0.230. The minimum absolute atomic E-state index is 0.0146. The van der Waals surface area contributed by atoms with Crippen LogP contribution in [0.1, 0.15) is 23.7 Å². The number of carbonyl (C=O) groups is 1. The topological polar surface area (TPSA) is 70.8 Å². The fourth-order valence-corrected chi connectivity index (χ4v) is 4.42. The lowest BCUT2D eigenvalue weighted by atomic mass is 9.90. The Morgan fingerprint density at radius 3 is 2.30 bits per heavy atom. The van der Waals surface area contributed by atoms with E-state index in [2.05, 4.69) is 0 Å². The summed E-state index contributed by atoms with van der Waals surface area (Å²) >= 11 is 25.0. The average molecular weight is 525 g/mol. The van der Waals surface area contributed by atoms with Crippen LogP contribution in [-0.4, -0.2) is 29.5 Å². The van der Waals surface area contributed by atoms with Crippen molar-refractivity contribution in [1.29, 1.82) is 0 Å². The molecule has 0 unspecified atom stereocenters. The molecule has 5 nitrogen and oxygen atoms in total. The van der Waals surface area contributed by atoms with Crippen molar-refractivity contribution in [2.75, 3.05) is 13.6 Å². The number of hydrogen-bond donors (Lipinski definition) is 1. The third-order valence-electron chi connectivity index (χ3n) is 5.31. The van der Waals surface area contributed by atoms with Crippen LogP contribution in [0.2, 0.25) is 20.1 Å². The van der Waals surface area contributed by atoms with Crippen LogP contribution < -0.4 is 5.43 Å². The molecule has 9 heteroatoms. The van der Waals surface area contributed by atoms with Gasteiger partial charge < -0.3 is 14.4 Å². The maximum absolute atomic E-state index is 13.4. The van der Waals surface area contributed by atoms with E-state index >= 15 is 0 Å². The number of phenolic OH excluding ortho intramolecular Hbond substituents is 1. The minimum Gasteiger partial charge on any atom is -0.506 e. The summed E-state index contributed by atoms with van der Waals surface area (Å²) in [6, 6.07) is 8.71. The Labute approximate surface area is 209 Å². The van der Waals surface area contributed by atoms with Gasteiger partial charge in [-0.2, -0.15) is 0 Å². The van der Waals surface area contributed by atoms with Crippen LogP contribution >= 0.6 is 46.4 Å². The number of carbonyl (C=O) groups excluding carboxylic acids is 1. The Bertz CT molecular complexity index is 1450. The van der Waals surface area contributed by atoms with E-state index in [1.165, 1.54) is 30.3 Å². The molecule has 0 radical (unpaired) electrons. The van der Waals surface area contributed by atoms with Crippen LogP contribution in [0.5, 0.6) is 5.75 Å². The maximum atomic E-state index is 13.4. The zero-order chi connectivity index (χ0) is 24.0. The molecule has 0 saturated carbocycles. The zero-order valence-electron chi connectivity index (χ0n) is 17.5. The van der Waals surface area contributed by atoms with Gasteiger partial charge in [-0.15, -0.1) is 0 Å². The van der Waals surface area contributed by atoms with Crippen LogP contribution in [0.4, 0.5) is 0 Å². The highest BCUT2D eigenvalue weighted by Gasteiger charge is 2.26. The van der Waals surface area contributed by atoms with E-state index in [0.717, 1.165) is 6.42 Å². The molecule has 2 aliphatic rings. The molecule has 0 bridgehead atoms. The fourth-order valence-electron chi connectivity index (χ4n) is 3.76. The average Bonchev–Trinajstić information content (AvgIpc) is 2.76. The Kier molecular flexibility index (Phi) is 6.52. The Morgan fingerprint density at radius 2 is 1.61 bits per heavy atom. The van der Waals surface area contributed by atoms with Gasteiger partial charge >= 0.3 is 0 Å². The number of rotatable bonds is 4. The standard InChI is InChI=1S/C24H17Cl4NO4/c1-3-4-29(2)24(32)12-6-16(26)15(25)5-11(12)23-13-7-17(27)19(30)9-21(13)33-22-10-20(31)18(28)8-14(22)23/h5-10,30H,3-4H2,1-2H3. The van der Waals surface area contributed by atoms with Gasteiger partial charge in [0.2, 0.25) is 5.43 Å². The van der Waals surface area contributed by atoms with Crippen molar-refractivity contribution in [2.45, 2.75) is 13.3 Å². The molecule has 1 heterocycles. The molecule has 33 heavy (non-hydrogen) atoms. The molecule has 4 rings (SSSR count). The maximum Gasteiger partial charge on any atom is 0.254 e. The van der Waals surface area contributed by atoms with Crippen molar-refractivity contribution in [3.8, 4) is 28.2 Å². The summed E-state index contributed by atoms with van der Waals surface area (Å²) in [7, 11) is 1.70. The van der Waals surface area contributed by atoms with E-state index in [0.29, 0.717) is 34.2 Å². The third-order valence-corrected chi connectivity index (χ3v) is 6.63. The first-order chi connectivity index (χ1) is 15.6. The molecule has 2 aromatic rings. The number of fused-ring (bicyclic) bond motifs is 2. The largest absolute Gasteiger partial charge is 0.506 e. The van der Waals surface area contributed by atoms with Gasteiger partial charge in [-0.3, -0.25) is 9.59 Å². The van der Waals surface area contributed by atoms with Gasteiger partial charge in [-0.25, -0.2) is 0 Å². The number of amides is 1. The summed E-state index contributed by atoms with van der Waals surface area (Å²) in [5, 5.41) is 11.1. The van der Waals surface area contributed by atoms with Crippen molar-refractivity contribution < 1.29 is 14.3 Å². The van der Waals surface area contributed by atoms with E-state index in [-0.39, 0.29) is 43.1 Å². The highest BCUT2D eigenvalue weighted by Crippen LogP contribution is 2.45. The lowest BCUT2D eigenvalue weighted by molar-refractivity contribution is 0.0796. The molecule has 1 aliphatic heterocycles. The molecular formula is C24H17Cl4NO4. The number of aromatic hydroxyl groups is 1. The van der Waals surface area contributed by atoms with Crippen molar-refractivity contribution in [3.63, 3.8) is 0 Å². The first-order valence-electron chi connectivity index (χ1n) is 9.95. The number of nitrogens with zero attached hydrogens (tertiary/aromatic N) is 1. The summed E-state index contributed by atoms with van der Waals surface area (Å²) in [6.07, 6.45) is 0.770. The van der Waals surface area contributed by atoms with Gasteiger partial charge in [-0.1, -0.05) is 53.3 Å². The predicted octanol–water partition coefficient (Wildman–Crippen LogP) is 7.37. The minimum atomic E-state index is -0.426. The van der Waals surface area contributed by atoms with Gasteiger partial charge in [0.05, 0.1) is 20.1 Å². The SMILES string of the molecule is CCCN(C)C(=O)c1cc(Cl)c(Cl)cc1-c1c2cc(Cl)c(=O)cc-2oc2cc(O)c(Cl)cc12. The van der Waals surface area contributed by atoms with Crippen LogP contribution in [0.25, 0.3) is 33.4 Å². The molecule has 0 spiro atoms. The second-order valence-electron chi connectivity index (χ2n) is 7.59. The Hall–Kier alpha value is -2.44. The molecule has 1 N–H and O–H groups in total. The van der Waals surface area contributed by atoms with Crippen molar-refractivity contribution in [3.05, 3.63) is 72.3 Å². The normalized spacial score (nSPS) is 11.3. The molecule has 2 aromatic carbocycles. The summed E-state index contributed by atoms with van der Waals surface area (Å²) in [4.78, 5) is 27.2. The van der Waals surface area contributed by atoms with Gasteiger partial charge in [-0.05, 0) is 36.2 Å². The number of phenols is 1. The Balaban J connectivity index is 2.18. The van der Waals surface area contributed by atoms with E-state index in [4.69, 9.17) is 50.8 Å². The van der Waals surface area contributed by atoms with Crippen LogP contribution in [0.15, 0.2) is 45.6 Å².